The molecular weight excluding hydrogens is 689 g/mol. The van der Waals surface area contributed by atoms with Gasteiger partial charge < -0.3 is 0 Å². The number of benzene rings is 9. The van der Waals surface area contributed by atoms with Crippen molar-refractivity contribution in [3.8, 4) is 77.9 Å². The smallest absolute Gasteiger partial charge is 0.0965 e. The van der Waals surface area contributed by atoms with Crippen molar-refractivity contribution >= 4 is 21.8 Å². The van der Waals surface area contributed by atoms with Crippen molar-refractivity contribution in [2.24, 2.45) is 0 Å². The van der Waals surface area contributed by atoms with E-state index in [9.17, 15) is 0 Å². The van der Waals surface area contributed by atoms with Gasteiger partial charge in [0.05, 0.1) is 16.4 Å². The van der Waals surface area contributed by atoms with Gasteiger partial charge in [0.2, 0.25) is 0 Å². The number of aromatic nitrogens is 2. The summed E-state index contributed by atoms with van der Waals surface area (Å²) in [7, 11) is 0. The van der Waals surface area contributed by atoms with E-state index in [1.54, 1.807) is 12.4 Å². The minimum atomic E-state index is -0.516. The fourth-order valence-corrected chi connectivity index (χ4v) is 10.7. The molecule has 10 aromatic rings. The Bertz CT molecular complexity index is 3350. The molecule has 0 fully saturated rings. The predicted molar refractivity (Wildman–Crippen MR) is 234 cm³/mol. The van der Waals surface area contributed by atoms with Crippen LogP contribution in [0.4, 0.5) is 0 Å². The first-order valence-electron chi connectivity index (χ1n) is 19.7. The van der Waals surface area contributed by atoms with Gasteiger partial charge in [0.15, 0.2) is 0 Å². The average molecular weight is 721 g/mol. The first-order chi connectivity index (χ1) is 28.3. The number of para-hydroxylation sites is 1. The molecule has 0 saturated heterocycles. The highest BCUT2D eigenvalue weighted by molar-refractivity contribution is 6.21. The molecule has 0 radical (unpaired) electrons. The second-order valence-electron chi connectivity index (χ2n) is 15.6. The summed E-state index contributed by atoms with van der Waals surface area (Å²) in [5.74, 6) is 0. The van der Waals surface area contributed by atoms with Crippen LogP contribution in [0.5, 0.6) is 0 Å². The zero-order chi connectivity index (χ0) is 37.2. The molecule has 1 atom stereocenters. The zero-order valence-electron chi connectivity index (χ0n) is 30.9. The summed E-state index contributed by atoms with van der Waals surface area (Å²) < 4.78 is 0. The summed E-state index contributed by atoms with van der Waals surface area (Å²) in [6, 6.07) is 68.0. The highest BCUT2D eigenvalue weighted by Crippen LogP contribution is 2.67. The highest BCUT2D eigenvalue weighted by Gasteiger charge is 2.53. The Kier molecular flexibility index (Phi) is 6.13. The lowest BCUT2D eigenvalue weighted by molar-refractivity contribution is 0.794. The lowest BCUT2D eigenvalue weighted by Crippen LogP contribution is -2.26. The Morgan fingerprint density at radius 1 is 0.316 bits per heavy atom. The van der Waals surface area contributed by atoms with Crippen molar-refractivity contribution in [2.75, 3.05) is 0 Å². The standard InChI is InChI=1S/C55H32N2/c1-2-12-33(13-3-1)35-26-27-40-39-18-4-6-23-45(39)55(47(40)31-35)46-24-7-5-19-42(46)53-48(55)32-44-41-21-9-14-34-15-10-22-43(50(34)41)52(44)51(53)37-17-8-16-36(30-37)38-20-11-25-49-54(38)57-29-28-56-49/h1-32H. The average Bonchev–Trinajstić information content (AvgIpc) is 3.88. The second kappa shape index (κ2) is 11.3. The van der Waals surface area contributed by atoms with E-state index in [-0.39, 0.29) is 0 Å². The van der Waals surface area contributed by atoms with Crippen LogP contribution in [0.3, 0.4) is 0 Å². The molecule has 57 heavy (non-hydrogen) atoms. The van der Waals surface area contributed by atoms with Gasteiger partial charge in [-0.15, -0.1) is 0 Å². The summed E-state index contributed by atoms with van der Waals surface area (Å²) in [5.41, 5.74) is 24.3. The normalized spacial score (nSPS) is 15.1. The molecule has 0 saturated carbocycles. The van der Waals surface area contributed by atoms with Gasteiger partial charge in [-0.05, 0) is 130 Å². The van der Waals surface area contributed by atoms with E-state index in [2.05, 4.69) is 181 Å². The molecule has 0 bridgehead atoms. The maximum atomic E-state index is 4.82. The van der Waals surface area contributed by atoms with E-state index in [1.165, 1.54) is 99.8 Å². The van der Waals surface area contributed by atoms with Crippen molar-refractivity contribution in [3.63, 3.8) is 0 Å². The lowest BCUT2D eigenvalue weighted by Gasteiger charge is -2.31. The molecule has 13 rings (SSSR count). The molecule has 0 amide bonds. The van der Waals surface area contributed by atoms with Gasteiger partial charge in [0.1, 0.15) is 0 Å². The van der Waals surface area contributed by atoms with Crippen LogP contribution in [0.1, 0.15) is 22.3 Å². The number of rotatable bonds is 3. The quantitative estimate of drug-likeness (QED) is 0.182. The number of nitrogens with zero attached hydrogens (tertiary/aromatic N) is 2. The molecule has 1 spiro atoms. The van der Waals surface area contributed by atoms with Crippen molar-refractivity contribution in [2.45, 2.75) is 5.41 Å². The Labute approximate surface area is 330 Å². The van der Waals surface area contributed by atoms with Gasteiger partial charge in [-0.3, -0.25) is 9.97 Å². The number of hydrogen-bond donors (Lipinski definition) is 0. The monoisotopic (exact) mass is 720 g/mol. The van der Waals surface area contributed by atoms with Crippen LogP contribution in [0.15, 0.2) is 194 Å². The summed E-state index contributed by atoms with van der Waals surface area (Å²) >= 11 is 0. The van der Waals surface area contributed by atoms with Crippen LogP contribution in [-0.4, -0.2) is 9.97 Å². The van der Waals surface area contributed by atoms with Crippen molar-refractivity contribution in [3.05, 3.63) is 217 Å². The van der Waals surface area contributed by atoms with Gasteiger partial charge in [0, 0.05) is 18.0 Å². The van der Waals surface area contributed by atoms with Crippen molar-refractivity contribution in [1.29, 1.82) is 0 Å². The molecular formula is C55H32N2. The maximum absolute atomic E-state index is 4.82. The van der Waals surface area contributed by atoms with Gasteiger partial charge in [-0.2, -0.15) is 0 Å². The van der Waals surface area contributed by atoms with E-state index in [4.69, 9.17) is 4.98 Å². The third kappa shape index (κ3) is 3.99. The number of fused-ring (bicyclic) bond motifs is 14. The molecule has 1 heterocycles. The van der Waals surface area contributed by atoms with Crippen LogP contribution in [0.25, 0.3) is 99.7 Å². The van der Waals surface area contributed by atoms with Crippen LogP contribution in [0.2, 0.25) is 0 Å². The molecule has 3 aliphatic carbocycles. The van der Waals surface area contributed by atoms with E-state index >= 15 is 0 Å². The van der Waals surface area contributed by atoms with Crippen LogP contribution in [0, 0.1) is 0 Å². The first kappa shape index (κ1) is 30.9. The third-order valence-electron chi connectivity index (χ3n) is 12.9. The van der Waals surface area contributed by atoms with Gasteiger partial charge in [0.25, 0.3) is 0 Å². The predicted octanol–water partition coefficient (Wildman–Crippen LogP) is 13.8. The Balaban J connectivity index is 1.19. The van der Waals surface area contributed by atoms with E-state index in [1.807, 2.05) is 6.07 Å². The first-order valence-corrected chi connectivity index (χ1v) is 19.7. The summed E-state index contributed by atoms with van der Waals surface area (Å²) in [5, 5.41) is 2.61. The lowest BCUT2D eigenvalue weighted by atomic mass is 9.69. The fraction of sp³-hybridized carbons (Fsp3) is 0.0182. The summed E-state index contributed by atoms with van der Waals surface area (Å²) in [6.07, 6.45) is 3.56. The largest absolute Gasteiger partial charge is 0.253 e. The van der Waals surface area contributed by atoms with Crippen LogP contribution in [-0.2, 0) is 5.41 Å². The van der Waals surface area contributed by atoms with Gasteiger partial charge in [-0.25, -0.2) is 0 Å². The topological polar surface area (TPSA) is 25.8 Å². The molecule has 9 aromatic carbocycles. The molecule has 2 heteroatoms. The van der Waals surface area contributed by atoms with E-state index < -0.39 is 5.41 Å². The highest BCUT2D eigenvalue weighted by atomic mass is 14.8. The van der Waals surface area contributed by atoms with Gasteiger partial charge in [-0.1, -0.05) is 158 Å². The Hall–Kier alpha value is -7.42. The van der Waals surface area contributed by atoms with E-state index in [0.717, 1.165) is 22.2 Å². The minimum Gasteiger partial charge on any atom is -0.253 e. The molecule has 0 N–H and O–H groups in total. The minimum absolute atomic E-state index is 0.516. The second-order valence-corrected chi connectivity index (χ2v) is 15.6. The van der Waals surface area contributed by atoms with Crippen LogP contribution >= 0.6 is 0 Å². The molecule has 0 aliphatic heterocycles. The SMILES string of the molecule is c1ccc(-c2ccc3c(c2)C2(c4ccccc4-3)c3ccccc3-c3c2cc2c(c3-c3cccc(-c4cccc5nccnc45)c3)-c3cccc4cccc-2c34)cc1. The third-order valence-corrected chi connectivity index (χ3v) is 12.9. The van der Waals surface area contributed by atoms with Gasteiger partial charge >= 0.3 is 0 Å². The van der Waals surface area contributed by atoms with Crippen molar-refractivity contribution < 1.29 is 0 Å². The number of hydrogen-bond acceptors (Lipinski definition) is 2. The van der Waals surface area contributed by atoms with Crippen LogP contribution < -0.4 is 0 Å². The molecule has 2 nitrogen and oxygen atoms in total. The molecule has 3 aliphatic rings. The Morgan fingerprint density at radius 2 is 0.965 bits per heavy atom. The summed E-state index contributed by atoms with van der Waals surface area (Å²) in [4.78, 5) is 9.47. The van der Waals surface area contributed by atoms with E-state index in [0.29, 0.717) is 0 Å². The maximum Gasteiger partial charge on any atom is 0.0965 e. The molecule has 262 valence electrons. The Morgan fingerprint density at radius 3 is 1.84 bits per heavy atom. The fourth-order valence-electron chi connectivity index (χ4n) is 10.7. The van der Waals surface area contributed by atoms with Crippen molar-refractivity contribution in [1.82, 2.24) is 9.97 Å². The molecule has 1 unspecified atom stereocenters. The zero-order valence-corrected chi connectivity index (χ0v) is 30.9. The summed E-state index contributed by atoms with van der Waals surface area (Å²) in [6.45, 7) is 0. The molecule has 1 aromatic heterocycles.